The summed E-state index contributed by atoms with van der Waals surface area (Å²) in [5, 5.41) is 16.3. The SMILES string of the molecule is CN[C@H](C)[C@H](O)c1ccc(-c2ccc(C(CCN)N=O)nc2)cc1. The van der Waals surface area contributed by atoms with Crippen LogP contribution in [0.3, 0.4) is 0 Å². The zero-order chi connectivity index (χ0) is 17.5. The first-order valence-corrected chi connectivity index (χ1v) is 8.04. The largest absolute Gasteiger partial charge is 0.387 e. The lowest BCUT2D eigenvalue weighted by Crippen LogP contribution is -2.28. The van der Waals surface area contributed by atoms with Crippen LogP contribution in [0, 0.1) is 4.91 Å². The Morgan fingerprint density at radius 3 is 2.38 bits per heavy atom. The van der Waals surface area contributed by atoms with Gasteiger partial charge in [0.2, 0.25) is 0 Å². The number of hydrogen-bond donors (Lipinski definition) is 3. The third-order valence-corrected chi connectivity index (χ3v) is 4.21. The molecule has 0 spiro atoms. The Morgan fingerprint density at radius 1 is 1.21 bits per heavy atom. The third kappa shape index (κ3) is 4.23. The molecule has 4 N–H and O–H groups in total. The number of likely N-dealkylation sites (N-methyl/N-ethyl adjacent to an activating group) is 1. The summed E-state index contributed by atoms with van der Waals surface area (Å²) in [4.78, 5) is 15.2. The molecule has 0 aliphatic carbocycles. The molecule has 2 rings (SSSR count). The number of aromatic nitrogens is 1. The molecule has 0 amide bonds. The molecule has 0 radical (unpaired) electrons. The van der Waals surface area contributed by atoms with Crippen LogP contribution >= 0.6 is 0 Å². The van der Waals surface area contributed by atoms with Gasteiger partial charge in [0.1, 0.15) is 6.04 Å². The van der Waals surface area contributed by atoms with E-state index in [1.807, 2.05) is 50.4 Å². The minimum Gasteiger partial charge on any atom is -0.387 e. The molecular formula is C18H24N4O2. The van der Waals surface area contributed by atoms with Crippen LogP contribution in [0.25, 0.3) is 11.1 Å². The lowest BCUT2D eigenvalue weighted by Gasteiger charge is -2.18. The highest BCUT2D eigenvalue weighted by Gasteiger charge is 2.15. The molecule has 24 heavy (non-hydrogen) atoms. The number of hydrogen-bond acceptors (Lipinski definition) is 6. The molecule has 0 saturated carbocycles. The number of nitrogens with two attached hydrogens (primary N) is 1. The van der Waals surface area contributed by atoms with Crippen molar-refractivity contribution in [2.24, 2.45) is 10.9 Å². The van der Waals surface area contributed by atoms with Crippen LogP contribution in [-0.2, 0) is 0 Å². The van der Waals surface area contributed by atoms with Gasteiger partial charge >= 0.3 is 0 Å². The smallest absolute Gasteiger partial charge is 0.135 e. The van der Waals surface area contributed by atoms with E-state index in [0.29, 0.717) is 18.7 Å². The molecule has 6 heteroatoms. The molecule has 0 aliphatic heterocycles. The maximum Gasteiger partial charge on any atom is 0.135 e. The Morgan fingerprint density at radius 2 is 1.88 bits per heavy atom. The van der Waals surface area contributed by atoms with Crippen molar-refractivity contribution in [3.8, 4) is 11.1 Å². The summed E-state index contributed by atoms with van der Waals surface area (Å²) < 4.78 is 0. The van der Waals surface area contributed by atoms with E-state index < -0.39 is 12.1 Å². The lowest BCUT2D eigenvalue weighted by atomic mass is 9.99. The maximum atomic E-state index is 10.9. The highest BCUT2D eigenvalue weighted by Crippen LogP contribution is 2.25. The predicted molar refractivity (Wildman–Crippen MR) is 95.4 cm³/mol. The number of nitrogens with one attached hydrogen (secondary N) is 1. The summed E-state index contributed by atoms with van der Waals surface area (Å²) >= 11 is 0. The molecule has 1 heterocycles. The number of pyridine rings is 1. The van der Waals surface area contributed by atoms with Gasteiger partial charge in [-0.1, -0.05) is 35.5 Å². The molecular weight excluding hydrogens is 304 g/mol. The molecule has 0 bridgehead atoms. The second-order valence-corrected chi connectivity index (χ2v) is 5.81. The fraction of sp³-hybridized carbons (Fsp3) is 0.389. The van der Waals surface area contributed by atoms with Gasteiger partial charge in [0.15, 0.2) is 0 Å². The van der Waals surface area contributed by atoms with Crippen molar-refractivity contribution in [2.75, 3.05) is 13.6 Å². The topological polar surface area (TPSA) is 101 Å². The van der Waals surface area contributed by atoms with Gasteiger partial charge in [-0.05, 0) is 44.1 Å². The van der Waals surface area contributed by atoms with Gasteiger partial charge in [0.05, 0.1) is 11.8 Å². The molecule has 0 aliphatic rings. The van der Waals surface area contributed by atoms with Gasteiger partial charge in [-0.3, -0.25) is 4.98 Å². The van der Waals surface area contributed by atoms with E-state index in [0.717, 1.165) is 16.7 Å². The predicted octanol–water partition coefficient (Wildman–Crippen LogP) is 2.55. The summed E-state index contributed by atoms with van der Waals surface area (Å²) in [6.45, 7) is 2.33. The highest BCUT2D eigenvalue weighted by molar-refractivity contribution is 5.62. The van der Waals surface area contributed by atoms with Gasteiger partial charge in [-0.2, -0.15) is 4.91 Å². The number of nitrogens with zero attached hydrogens (tertiary/aromatic N) is 2. The van der Waals surface area contributed by atoms with Crippen molar-refractivity contribution in [1.82, 2.24) is 10.3 Å². The summed E-state index contributed by atoms with van der Waals surface area (Å²) in [6, 6.07) is 10.9. The van der Waals surface area contributed by atoms with Crippen molar-refractivity contribution in [3.05, 3.63) is 58.8 Å². The van der Waals surface area contributed by atoms with E-state index in [2.05, 4.69) is 15.5 Å². The van der Waals surface area contributed by atoms with Crippen LogP contribution in [0.4, 0.5) is 0 Å². The summed E-state index contributed by atoms with van der Waals surface area (Å²) in [5.74, 6) is 0. The Bertz CT molecular complexity index is 643. The summed E-state index contributed by atoms with van der Waals surface area (Å²) in [7, 11) is 1.82. The minimum atomic E-state index is -0.555. The standard InChI is InChI=1S/C18H24N4O2/c1-12(20-2)18(23)14-5-3-13(4-6-14)15-7-8-16(21-11-15)17(22-24)9-10-19/h3-8,11-12,17-18,20,23H,9-10,19H2,1-2H3/t12-,17?,18+/m1/s1. The van der Waals surface area contributed by atoms with E-state index in [1.165, 1.54) is 0 Å². The normalized spacial score (nSPS) is 14.8. The fourth-order valence-corrected chi connectivity index (χ4v) is 2.50. The summed E-state index contributed by atoms with van der Waals surface area (Å²) in [6.07, 6.45) is 1.66. The van der Waals surface area contributed by atoms with Gasteiger partial charge in [-0.15, -0.1) is 0 Å². The second kappa shape index (κ2) is 8.63. The monoisotopic (exact) mass is 328 g/mol. The first-order chi connectivity index (χ1) is 11.6. The highest BCUT2D eigenvalue weighted by atomic mass is 16.3. The number of rotatable bonds is 8. The Balaban J connectivity index is 2.16. The van der Waals surface area contributed by atoms with Crippen molar-refractivity contribution in [2.45, 2.75) is 31.5 Å². The number of benzene rings is 1. The van der Waals surface area contributed by atoms with Crippen LogP contribution < -0.4 is 11.1 Å². The molecule has 1 aromatic heterocycles. The van der Waals surface area contributed by atoms with Crippen LogP contribution in [0.1, 0.15) is 36.7 Å². The number of nitroso groups, excluding NO2 is 1. The van der Waals surface area contributed by atoms with Crippen molar-refractivity contribution in [1.29, 1.82) is 0 Å². The van der Waals surface area contributed by atoms with Gasteiger partial charge in [0, 0.05) is 17.8 Å². The van der Waals surface area contributed by atoms with E-state index in [4.69, 9.17) is 5.73 Å². The maximum absolute atomic E-state index is 10.9. The van der Waals surface area contributed by atoms with Crippen LogP contribution in [0.2, 0.25) is 0 Å². The van der Waals surface area contributed by atoms with E-state index in [9.17, 15) is 10.0 Å². The second-order valence-electron chi connectivity index (χ2n) is 5.81. The third-order valence-electron chi connectivity index (χ3n) is 4.21. The quantitative estimate of drug-likeness (QED) is 0.647. The van der Waals surface area contributed by atoms with Crippen LogP contribution in [-0.4, -0.2) is 29.7 Å². The van der Waals surface area contributed by atoms with Crippen molar-refractivity contribution in [3.63, 3.8) is 0 Å². The van der Waals surface area contributed by atoms with Gasteiger partial charge in [-0.25, -0.2) is 0 Å². The molecule has 0 fully saturated rings. The molecule has 2 aromatic rings. The average Bonchev–Trinajstić information content (AvgIpc) is 2.65. The first kappa shape index (κ1) is 18.2. The molecule has 1 unspecified atom stereocenters. The summed E-state index contributed by atoms with van der Waals surface area (Å²) in [5.41, 5.74) is 8.91. The lowest BCUT2D eigenvalue weighted by molar-refractivity contribution is 0.140. The molecule has 0 saturated heterocycles. The van der Waals surface area contributed by atoms with E-state index in [-0.39, 0.29) is 6.04 Å². The molecule has 6 nitrogen and oxygen atoms in total. The molecule has 3 atom stereocenters. The number of aliphatic hydroxyl groups is 1. The van der Waals surface area contributed by atoms with Gasteiger partial charge < -0.3 is 16.2 Å². The van der Waals surface area contributed by atoms with Crippen molar-refractivity contribution < 1.29 is 5.11 Å². The Hall–Kier alpha value is -2.15. The van der Waals surface area contributed by atoms with Crippen LogP contribution in [0.5, 0.6) is 0 Å². The van der Waals surface area contributed by atoms with Crippen LogP contribution in [0.15, 0.2) is 47.8 Å². The minimum absolute atomic E-state index is 0.0212. The Labute approximate surface area is 142 Å². The molecule has 1 aromatic carbocycles. The average molecular weight is 328 g/mol. The van der Waals surface area contributed by atoms with E-state index in [1.54, 1.807) is 6.20 Å². The zero-order valence-corrected chi connectivity index (χ0v) is 14.0. The molecule has 128 valence electrons. The Kier molecular flexibility index (Phi) is 6.54. The van der Waals surface area contributed by atoms with Crippen molar-refractivity contribution >= 4 is 0 Å². The van der Waals surface area contributed by atoms with E-state index >= 15 is 0 Å². The zero-order valence-electron chi connectivity index (χ0n) is 14.0. The number of aliphatic hydroxyl groups excluding tert-OH is 1. The van der Waals surface area contributed by atoms with Gasteiger partial charge in [0.25, 0.3) is 0 Å². The first-order valence-electron chi connectivity index (χ1n) is 8.04. The fourth-order valence-electron chi connectivity index (χ4n) is 2.50.